The predicted octanol–water partition coefficient (Wildman–Crippen LogP) is 4.28. The van der Waals surface area contributed by atoms with E-state index in [1.807, 2.05) is 46.0 Å². The number of likely N-dealkylation sites (tertiary alicyclic amines) is 1. The lowest BCUT2D eigenvalue weighted by molar-refractivity contribution is -0.132. The van der Waals surface area contributed by atoms with Gasteiger partial charge in [-0.25, -0.2) is 0 Å². The number of piperidine rings is 1. The van der Waals surface area contributed by atoms with E-state index >= 15 is 0 Å². The van der Waals surface area contributed by atoms with Gasteiger partial charge in [-0.15, -0.1) is 0 Å². The first kappa shape index (κ1) is 19.9. The number of rotatable bonds is 7. The molecule has 1 aliphatic rings. The molecule has 0 bridgehead atoms. The molecule has 2 aromatic rings. The Balaban J connectivity index is 1.40. The Bertz CT molecular complexity index is 763. The lowest BCUT2D eigenvalue weighted by Crippen LogP contribution is -2.41. The minimum absolute atomic E-state index is 0.0386. The summed E-state index contributed by atoms with van der Waals surface area (Å²) in [4.78, 5) is 26.6. The molecule has 0 unspecified atom stereocenters. The van der Waals surface area contributed by atoms with Crippen molar-refractivity contribution in [3.8, 4) is 0 Å². The molecule has 1 N–H and O–H groups in total. The van der Waals surface area contributed by atoms with E-state index < -0.39 is 0 Å². The molecule has 1 atom stereocenters. The molecule has 3 rings (SSSR count). The molecule has 6 heteroatoms. The predicted molar refractivity (Wildman–Crippen MR) is 110 cm³/mol. The highest BCUT2D eigenvalue weighted by atomic mass is 35.5. The Hall–Kier alpha value is -1.85. The van der Waals surface area contributed by atoms with Crippen LogP contribution in [0.2, 0.25) is 5.02 Å². The van der Waals surface area contributed by atoms with Gasteiger partial charge in [-0.2, -0.15) is 11.3 Å². The number of hydrogen-bond acceptors (Lipinski definition) is 3. The lowest BCUT2D eigenvalue weighted by Gasteiger charge is -2.32. The fourth-order valence-corrected chi connectivity index (χ4v) is 4.34. The van der Waals surface area contributed by atoms with Gasteiger partial charge in [0, 0.05) is 31.1 Å². The van der Waals surface area contributed by atoms with E-state index in [0.717, 1.165) is 43.5 Å². The van der Waals surface area contributed by atoms with Gasteiger partial charge >= 0.3 is 0 Å². The molecule has 0 saturated carbocycles. The van der Waals surface area contributed by atoms with Crippen molar-refractivity contribution < 1.29 is 9.59 Å². The van der Waals surface area contributed by atoms with Crippen LogP contribution in [0.3, 0.4) is 0 Å². The minimum Gasteiger partial charge on any atom is -0.352 e. The molecule has 1 fully saturated rings. The summed E-state index contributed by atoms with van der Waals surface area (Å²) in [7, 11) is 0. The molecule has 1 aromatic carbocycles. The smallest absolute Gasteiger partial charge is 0.227 e. The highest BCUT2D eigenvalue weighted by Gasteiger charge is 2.24. The summed E-state index contributed by atoms with van der Waals surface area (Å²) in [6.45, 7) is 2.05. The molecule has 0 radical (unpaired) electrons. The molecule has 2 heterocycles. The Labute approximate surface area is 169 Å². The van der Waals surface area contributed by atoms with Crippen LogP contribution in [0.25, 0.3) is 0 Å². The average Bonchev–Trinajstić information content (AvgIpc) is 3.19. The van der Waals surface area contributed by atoms with Crippen molar-refractivity contribution in [2.75, 3.05) is 13.1 Å². The third-order valence-electron chi connectivity index (χ3n) is 5.02. The van der Waals surface area contributed by atoms with Crippen LogP contribution in [0, 0.1) is 5.92 Å². The van der Waals surface area contributed by atoms with E-state index in [2.05, 4.69) is 5.32 Å². The largest absolute Gasteiger partial charge is 0.352 e. The third-order valence-corrected chi connectivity index (χ3v) is 6.12. The van der Waals surface area contributed by atoms with E-state index in [9.17, 15) is 9.59 Å². The normalized spacial score (nSPS) is 16.9. The van der Waals surface area contributed by atoms with Crippen LogP contribution in [-0.4, -0.2) is 29.8 Å². The van der Waals surface area contributed by atoms with Crippen molar-refractivity contribution in [2.45, 2.75) is 38.6 Å². The number of carbonyl (C=O) groups is 2. The van der Waals surface area contributed by atoms with Crippen LogP contribution in [0.1, 0.15) is 36.8 Å². The van der Waals surface area contributed by atoms with E-state index in [1.165, 1.54) is 0 Å². The van der Waals surface area contributed by atoms with Crippen LogP contribution < -0.4 is 5.32 Å². The number of hydrogen-bond donors (Lipinski definition) is 1. The van der Waals surface area contributed by atoms with E-state index in [4.69, 9.17) is 11.6 Å². The Morgan fingerprint density at radius 1 is 1.26 bits per heavy atom. The van der Waals surface area contributed by atoms with E-state index in [0.29, 0.717) is 30.3 Å². The molecular weight excluding hydrogens is 380 g/mol. The number of halogens is 1. The zero-order valence-electron chi connectivity index (χ0n) is 15.3. The summed E-state index contributed by atoms with van der Waals surface area (Å²) in [5.41, 5.74) is 2.02. The molecule has 1 saturated heterocycles. The Kier molecular flexibility index (Phi) is 7.30. The number of thiophene rings is 1. The van der Waals surface area contributed by atoms with E-state index in [-0.39, 0.29) is 11.8 Å². The first-order valence-electron chi connectivity index (χ1n) is 9.41. The van der Waals surface area contributed by atoms with Crippen molar-refractivity contribution in [3.05, 3.63) is 57.2 Å². The topological polar surface area (TPSA) is 49.4 Å². The number of benzene rings is 1. The van der Waals surface area contributed by atoms with E-state index in [1.54, 1.807) is 11.3 Å². The van der Waals surface area contributed by atoms with Crippen LogP contribution in [0.15, 0.2) is 41.1 Å². The second-order valence-corrected chi connectivity index (χ2v) is 8.25. The maximum atomic E-state index is 12.5. The van der Waals surface area contributed by atoms with Crippen molar-refractivity contribution in [3.63, 3.8) is 0 Å². The lowest BCUT2D eigenvalue weighted by atomic mass is 9.93. The highest BCUT2D eigenvalue weighted by Crippen LogP contribution is 2.22. The highest BCUT2D eigenvalue weighted by molar-refractivity contribution is 7.08. The summed E-state index contributed by atoms with van der Waals surface area (Å²) in [6, 6.07) is 9.54. The first-order valence-corrected chi connectivity index (χ1v) is 10.7. The van der Waals surface area contributed by atoms with Crippen molar-refractivity contribution >= 4 is 34.8 Å². The zero-order valence-corrected chi connectivity index (χ0v) is 16.9. The number of amides is 2. The third kappa shape index (κ3) is 6.08. The Morgan fingerprint density at radius 2 is 2.11 bits per heavy atom. The maximum absolute atomic E-state index is 12.5. The second kappa shape index (κ2) is 9.90. The monoisotopic (exact) mass is 404 g/mol. The Morgan fingerprint density at radius 3 is 2.89 bits per heavy atom. The van der Waals surface area contributed by atoms with Crippen LogP contribution in [0.5, 0.6) is 0 Å². The number of nitrogens with zero attached hydrogens (tertiary/aromatic N) is 1. The van der Waals surface area contributed by atoms with Gasteiger partial charge in [0.05, 0.1) is 6.42 Å². The fourth-order valence-electron chi connectivity index (χ4n) is 3.47. The van der Waals surface area contributed by atoms with Gasteiger partial charge in [-0.1, -0.05) is 29.8 Å². The molecule has 27 heavy (non-hydrogen) atoms. The van der Waals surface area contributed by atoms with Gasteiger partial charge in [0.2, 0.25) is 11.8 Å². The van der Waals surface area contributed by atoms with Gasteiger partial charge in [-0.3, -0.25) is 9.59 Å². The molecule has 1 aromatic heterocycles. The fraction of sp³-hybridized carbons (Fsp3) is 0.429. The van der Waals surface area contributed by atoms with Crippen LogP contribution in [-0.2, 0) is 22.6 Å². The van der Waals surface area contributed by atoms with Gasteiger partial charge < -0.3 is 10.2 Å². The van der Waals surface area contributed by atoms with Crippen molar-refractivity contribution in [1.29, 1.82) is 0 Å². The molecule has 1 aliphatic heterocycles. The van der Waals surface area contributed by atoms with Crippen LogP contribution in [0.4, 0.5) is 0 Å². The van der Waals surface area contributed by atoms with Gasteiger partial charge in [0.15, 0.2) is 0 Å². The van der Waals surface area contributed by atoms with Crippen molar-refractivity contribution in [1.82, 2.24) is 10.2 Å². The molecule has 0 spiro atoms. The molecule has 2 amide bonds. The van der Waals surface area contributed by atoms with Gasteiger partial charge in [0.25, 0.3) is 0 Å². The minimum atomic E-state index is 0.0386. The SMILES string of the molecule is O=C(CC[C@@H]1CCCN(C(=O)Cc2ccsc2)C1)NCc1ccccc1Cl. The summed E-state index contributed by atoms with van der Waals surface area (Å²) in [5, 5.41) is 7.64. The van der Waals surface area contributed by atoms with Gasteiger partial charge in [-0.05, 0) is 59.2 Å². The molecule has 0 aliphatic carbocycles. The quantitative estimate of drug-likeness (QED) is 0.748. The second-order valence-electron chi connectivity index (χ2n) is 7.06. The number of nitrogens with one attached hydrogen (secondary N) is 1. The maximum Gasteiger partial charge on any atom is 0.227 e. The molecular formula is C21H25ClN2O2S. The molecule has 4 nitrogen and oxygen atoms in total. The average molecular weight is 405 g/mol. The molecule has 144 valence electrons. The summed E-state index contributed by atoms with van der Waals surface area (Å²) >= 11 is 7.74. The summed E-state index contributed by atoms with van der Waals surface area (Å²) in [6.07, 6.45) is 3.88. The van der Waals surface area contributed by atoms with Gasteiger partial charge in [0.1, 0.15) is 0 Å². The summed E-state index contributed by atoms with van der Waals surface area (Å²) < 4.78 is 0. The van der Waals surface area contributed by atoms with Crippen LogP contribution >= 0.6 is 22.9 Å². The first-order chi connectivity index (χ1) is 13.1. The standard InChI is InChI=1S/C21H25ClN2O2S/c22-19-6-2-1-5-18(19)13-23-20(25)8-7-16-4-3-10-24(14-16)21(26)12-17-9-11-27-15-17/h1-2,5-6,9,11,15-16H,3-4,7-8,10,12-14H2,(H,23,25)/t16-/m0/s1. The van der Waals surface area contributed by atoms with Crippen molar-refractivity contribution in [2.24, 2.45) is 5.92 Å². The summed E-state index contributed by atoms with van der Waals surface area (Å²) in [5.74, 6) is 0.633. The zero-order chi connectivity index (χ0) is 19.1. The number of carbonyl (C=O) groups excluding carboxylic acids is 2.